The third kappa shape index (κ3) is 120. The van der Waals surface area contributed by atoms with Crippen molar-refractivity contribution in [3.63, 3.8) is 0 Å². The van der Waals surface area contributed by atoms with E-state index in [1.54, 1.807) is 50.6 Å². The summed E-state index contributed by atoms with van der Waals surface area (Å²) >= 11 is 0. The fraction of sp³-hybridized carbons (Fsp3) is 0.308. The quantitative estimate of drug-likeness (QED) is 0.00775. The van der Waals surface area contributed by atoms with Crippen LogP contribution in [0.15, 0.2) is 134 Å². The molecule has 0 radical (unpaired) electrons. The molecule has 4 aromatic carbocycles. The zero-order chi connectivity index (χ0) is 109. The van der Waals surface area contributed by atoms with E-state index in [0.29, 0.717) is 27.5 Å². The standard InChI is InChI=1S/C11H11F6NO3S.C6H2F5NO3S.C6H11F2NO3S.2C6H7NO3S.C3H4F3NO3S.C3H6FNO3S.C2H2F3NO3S.C2H3F3.C2H3F2NO3S.2C2H4FNO3S.CH3F.11Li/c1-4-5(2)7(10(12,13)14)8(11(15,16)17)9(6(4)3)18-22(19,20)21;7-1-2(8)4(10)6(5(11)3(1)9)12-16(13,14)15;7-6(8)3-1-5(2-4-6)9-13(10,11)12;2*8-11(9,10)7-6-4-2-1-3-5-6;4-2(3(5)6)1-7-11(8,9)10;1-3(4)2-5-9(6,7)8;3-1(4)2(5)6-10(7,8)9;1-2(3,4)5;3-1-2(4)5-9(6,7)8;1-2(3)4-8(5,6)7;3-1-2-4-8(5,6)7;1-2;;;;;;;;;;;/h18H,1-3H3,(H,19,20,21);12H,(H,13,14,15);5,9H,1-4H2,(H,10,11,12);2*1-5,7H,(H,8,9,10);7H,1H2,(H,8,9,10);5H,1-2H2,(H,6,7,8);6H,(H,7,8,9);1H3;1,5H,(H,6,7,8);4H,1H2,(H,5,6,7);1-2,4H,(H,5,6,7);1H3;;;;;;;;;;;/q;;;;;;;;;;;;;11*+1/p-11. The SMILES string of the molecule is C=C(F)CNS(=O)(=O)[O-].C=C(F)NS(=O)(=O)[O-].CC(F)(F)F.CF.Cc1c(C)c(NS(=O)(=O)[O-])c(C(F)(F)F)c(C(F)(F)F)c1C.O=S(=O)([O-])NC(F)=C(F)F.O=S(=O)([O-])NC(F)=CF.O=S(=O)([O-])NC1CCC(F)(F)CC1.O=S(=O)([O-])NC=CF.O=S(=O)([O-])NCC(F)=C(F)F.O=S(=O)([O-])Nc1c(F)c(F)c(F)c(F)c1F.O=S(=O)([O-])Nc1ccccc1.O=S(=O)([O-])Nc1ccccc1.[Li+].[Li+].[Li+].[Li+].[Li+].[Li+].[Li+].[Li+].[Li+].[Li+].[Li+]. The molecule has 1 fully saturated rings. The number of para-hydroxylation sites is 2. The van der Waals surface area contributed by atoms with Gasteiger partial charge in [0.1, 0.15) is 24.2 Å². The number of alkyl halides is 12. The van der Waals surface area contributed by atoms with E-state index in [9.17, 15) is 266 Å². The van der Waals surface area contributed by atoms with Crippen LogP contribution in [0, 0.1) is 49.9 Å². The molecule has 0 unspecified atom stereocenters. The molecular weight excluding hydrogens is 2270 g/mol. The Labute approximate surface area is 946 Å². The first-order valence-electron chi connectivity index (χ1n) is 30.7. The fourth-order valence-corrected chi connectivity index (χ4v) is 10.6. The minimum atomic E-state index is -5.51. The fourth-order valence-electron chi connectivity index (χ4n) is 6.45. The van der Waals surface area contributed by atoms with E-state index in [1.807, 2.05) is 0 Å². The molecule has 146 heavy (non-hydrogen) atoms. The molecule has 1 saturated carbocycles. The molecule has 0 amide bonds. The van der Waals surface area contributed by atoms with Crippen molar-refractivity contribution in [3.8, 4) is 0 Å². The number of rotatable bonds is 24. The number of hydrogen-bond donors (Lipinski definition) is 11. The number of halogens is 28. The third-order valence-electron chi connectivity index (χ3n) is 10.9. The van der Waals surface area contributed by atoms with E-state index in [4.69, 9.17) is 0 Å². The van der Waals surface area contributed by atoms with Crippen molar-refractivity contribution in [3.05, 3.63) is 191 Å². The number of benzene rings is 4. The summed E-state index contributed by atoms with van der Waals surface area (Å²) in [7, 11) is -52.3. The van der Waals surface area contributed by atoms with Gasteiger partial charge in [-0.1, -0.05) is 43.0 Å². The van der Waals surface area contributed by atoms with Crippen LogP contribution in [0.2, 0.25) is 0 Å². The molecule has 0 aromatic heterocycles. The van der Waals surface area contributed by atoms with Gasteiger partial charge in [-0.05, 0) is 81.1 Å². The Morgan fingerprint density at radius 1 is 0.390 bits per heavy atom. The van der Waals surface area contributed by atoms with Crippen molar-refractivity contribution >= 4 is 136 Å². The second kappa shape index (κ2) is 84.5. The van der Waals surface area contributed by atoms with Gasteiger partial charge in [-0.15, -0.1) is 0 Å². The average molecular weight is 2320 g/mol. The van der Waals surface area contributed by atoms with Gasteiger partial charge in [-0.2, -0.15) is 70.2 Å². The Balaban J connectivity index is -0.0000000713. The molecule has 0 atom stereocenters. The van der Waals surface area contributed by atoms with Gasteiger partial charge in [-0.25, -0.2) is 155 Å². The van der Waals surface area contributed by atoms with E-state index in [0.717, 1.165) is 34.9 Å². The molecule has 0 saturated heterocycles. The number of nitrogens with one attached hydrogen (secondary N) is 11. The van der Waals surface area contributed by atoms with Crippen LogP contribution in [0.5, 0.6) is 0 Å². The molecule has 44 nitrogen and oxygen atoms in total. The first-order valence-corrected chi connectivity index (χ1v) is 46.2. The molecule has 1 aliphatic rings. The number of hydrogen-bond acceptors (Lipinski definition) is 33. The molecule has 0 spiro atoms. The maximum Gasteiger partial charge on any atom is 1.00 e. The van der Waals surface area contributed by atoms with Gasteiger partial charge in [0, 0.05) is 43.4 Å². The summed E-state index contributed by atoms with van der Waals surface area (Å²) in [5.41, 5.74) is -8.29. The molecule has 11 N–H and O–H groups in total. The van der Waals surface area contributed by atoms with Crippen LogP contribution < -0.4 is 259 Å². The minimum absolute atomic E-state index is 0. The van der Waals surface area contributed by atoms with Crippen LogP contribution in [0.25, 0.3) is 0 Å². The molecular formula is C52H56F28Li11N11O33S11. The molecule has 94 heteroatoms. The van der Waals surface area contributed by atoms with Gasteiger partial charge in [0.15, 0.2) is 148 Å². The van der Waals surface area contributed by atoms with E-state index in [-0.39, 0.29) is 263 Å². The monoisotopic (exact) mass is 2320 g/mol. The van der Waals surface area contributed by atoms with Crippen molar-refractivity contribution in [2.75, 3.05) is 39.2 Å². The van der Waals surface area contributed by atoms with Crippen LogP contribution in [0.4, 0.5) is 146 Å². The normalized spacial score (nSPS) is 12.0. The largest absolute Gasteiger partial charge is 1.00 e. The third-order valence-corrected chi connectivity index (χ3v) is 16.2. The smallest absolute Gasteiger partial charge is 0.735 e. The van der Waals surface area contributed by atoms with E-state index < -0.39 is 268 Å². The van der Waals surface area contributed by atoms with Gasteiger partial charge in [0.2, 0.25) is 17.7 Å². The van der Waals surface area contributed by atoms with Crippen LogP contribution >= 0.6 is 0 Å². The van der Waals surface area contributed by atoms with Crippen molar-refractivity contribution < 1.29 is 473 Å². The first kappa shape index (κ1) is 188. The zero-order valence-corrected chi connectivity index (χ0v) is 85.3. The Kier molecular flexibility index (Phi) is 109. The van der Waals surface area contributed by atoms with E-state index in [1.165, 1.54) is 33.7 Å². The zero-order valence-electron chi connectivity index (χ0n) is 76.3. The summed E-state index contributed by atoms with van der Waals surface area (Å²) in [4.78, 5) is 0. The Morgan fingerprint density at radius 2 is 0.685 bits per heavy atom. The Morgan fingerprint density at radius 3 is 0.884 bits per heavy atom. The number of anilines is 4. The molecule has 0 aliphatic heterocycles. The molecule has 5 rings (SSSR count). The maximum atomic E-state index is 13.1. The van der Waals surface area contributed by atoms with Gasteiger partial charge in [0.25, 0.3) is 5.95 Å². The van der Waals surface area contributed by atoms with Crippen molar-refractivity contribution in [2.45, 2.75) is 83.9 Å². The average Bonchev–Trinajstić information content (AvgIpc) is 0.741. The first-order chi connectivity index (χ1) is 59.7. The Bertz CT molecular complexity index is 5890. The van der Waals surface area contributed by atoms with Crippen LogP contribution in [0.1, 0.15) is 60.4 Å². The van der Waals surface area contributed by atoms with Crippen molar-refractivity contribution in [2.24, 2.45) is 0 Å². The van der Waals surface area contributed by atoms with Gasteiger partial charge >= 0.3 is 238 Å². The summed E-state index contributed by atoms with van der Waals surface area (Å²) < 4.78 is 669. The van der Waals surface area contributed by atoms with Crippen molar-refractivity contribution in [1.82, 2.24) is 33.1 Å². The molecule has 0 bridgehead atoms. The van der Waals surface area contributed by atoms with Gasteiger partial charge in [0.05, 0.1) is 37.1 Å². The van der Waals surface area contributed by atoms with Gasteiger partial charge < -0.3 is 50.1 Å². The molecule has 790 valence electrons. The summed E-state index contributed by atoms with van der Waals surface area (Å²) in [5, 5.41) is 0. The topological polar surface area (TPSA) is 762 Å². The van der Waals surface area contributed by atoms with Crippen LogP contribution in [0.3, 0.4) is 0 Å². The van der Waals surface area contributed by atoms with Crippen molar-refractivity contribution in [1.29, 1.82) is 0 Å². The maximum absolute atomic E-state index is 13.1. The minimum Gasteiger partial charge on any atom is -0.735 e. The molecule has 0 heterocycles. The van der Waals surface area contributed by atoms with Crippen LogP contribution in [-0.4, -0.2) is 181 Å². The Hall–Kier alpha value is -2.78. The van der Waals surface area contributed by atoms with Gasteiger partial charge in [-0.3, -0.25) is 42.2 Å². The molecule has 1 aliphatic carbocycles. The van der Waals surface area contributed by atoms with Crippen LogP contribution in [-0.2, 0) is 126 Å². The predicted molar refractivity (Wildman–Crippen MR) is 390 cm³/mol. The summed E-state index contributed by atoms with van der Waals surface area (Å²) in [6, 6.07) is 15.3. The van der Waals surface area contributed by atoms with E-state index >= 15 is 0 Å². The summed E-state index contributed by atoms with van der Waals surface area (Å²) in [6.07, 6.45) is -21.5. The predicted octanol–water partition coefficient (Wildman–Crippen LogP) is -25.9. The second-order valence-electron chi connectivity index (χ2n) is 21.6. The summed E-state index contributed by atoms with van der Waals surface area (Å²) in [5.74, 6) is -23.3. The van der Waals surface area contributed by atoms with E-state index in [2.05, 4.69) is 13.2 Å². The molecule has 4 aromatic rings. The second-order valence-corrected chi connectivity index (χ2v) is 34.1. The summed E-state index contributed by atoms with van der Waals surface area (Å²) in [6.45, 7) is 6.37.